The molecule has 1 heterocycles. The number of aromatic nitrogens is 1. The Morgan fingerprint density at radius 1 is 1.25 bits per heavy atom. The summed E-state index contributed by atoms with van der Waals surface area (Å²) >= 11 is 6.13. The van der Waals surface area contributed by atoms with Crippen molar-refractivity contribution in [1.82, 2.24) is 9.88 Å². The van der Waals surface area contributed by atoms with E-state index in [1.807, 2.05) is 13.0 Å². The van der Waals surface area contributed by atoms with Crippen LogP contribution >= 0.6 is 11.6 Å². The summed E-state index contributed by atoms with van der Waals surface area (Å²) in [4.78, 5) is 29.3. The molecule has 0 saturated heterocycles. The Bertz CT molecular complexity index is 762. The van der Waals surface area contributed by atoms with Gasteiger partial charge in [-0.05, 0) is 37.3 Å². The van der Waals surface area contributed by atoms with Crippen LogP contribution in [0.4, 0.5) is 5.69 Å². The van der Waals surface area contributed by atoms with Gasteiger partial charge < -0.3 is 15.0 Å². The van der Waals surface area contributed by atoms with Crippen LogP contribution in [0.3, 0.4) is 0 Å². The number of halogens is 1. The van der Waals surface area contributed by atoms with Crippen molar-refractivity contribution in [3.05, 3.63) is 52.8 Å². The zero-order valence-electron chi connectivity index (χ0n) is 13.7. The number of amides is 2. The molecule has 2 amide bonds. The molecule has 1 aromatic heterocycles. The Kier molecular flexibility index (Phi) is 5.76. The first-order valence-corrected chi connectivity index (χ1v) is 7.62. The van der Waals surface area contributed by atoms with Crippen molar-refractivity contribution >= 4 is 29.1 Å². The average molecular weight is 348 g/mol. The van der Waals surface area contributed by atoms with E-state index < -0.39 is 0 Å². The van der Waals surface area contributed by atoms with Crippen LogP contribution in [0.1, 0.15) is 16.2 Å². The topological polar surface area (TPSA) is 71.5 Å². The van der Waals surface area contributed by atoms with Crippen molar-refractivity contribution in [2.24, 2.45) is 0 Å². The van der Waals surface area contributed by atoms with Crippen LogP contribution < -0.4 is 10.1 Å². The van der Waals surface area contributed by atoms with Gasteiger partial charge in [0.2, 0.25) is 0 Å². The molecule has 1 N–H and O–H groups in total. The molecule has 0 unspecified atom stereocenters. The lowest BCUT2D eigenvalue weighted by atomic mass is 10.2. The smallest absolute Gasteiger partial charge is 0.274 e. The van der Waals surface area contributed by atoms with Crippen molar-refractivity contribution in [3.8, 4) is 5.75 Å². The molecule has 0 aliphatic carbocycles. The molecule has 0 saturated carbocycles. The maximum absolute atomic E-state index is 12.2. The minimum atomic E-state index is -0.328. The first kappa shape index (κ1) is 17.7. The SMILES string of the molecule is Cc1cccc(C(=O)Nc2ccc(OCC(=O)N(C)C)c(Cl)c2)n1. The first-order chi connectivity index (χ1) is 11.4. The quantitative estimate of drug-likeness (QED) is 0.902. The first-order valence-electron chi connectivity index (χ1n) is 7.24. The summed E-state index contributed by atoms with van der Waals surface area (Å²) in [6.07, 6.45) is 0. The summed E-state index contributed by atoms with van der Waals surface area (Å²) in [6.45, 7) is 1.71. The third kappa shape index (κ3) is 4.70. The number of nitrogens with zero attached hydrogens (tertiary/aromatic N) is 2. The summed E-state index contributed by atoms with van der Waals surface area (Å²) in [5.41, 5.74) is 1.60. The summed E-state index contributed by atoms with van der Waals surface area (Å²) in [6, 6.07) is 10.0. The summed E-state index contributed by atoms with van der Waals surface area (Å²) < 4.78 is 5.37. The molecule has 0 fully saturated rings. The number of hydrogen-bond donors (Lipinski definition) is 1. The highest BCUT2D eigenvalue weighted by molar-refractivity contribution is 6.32. The number of hydrogen-bond acceptors (Lipinski definition) is 4. The van der Waals surface area contributed by atoms with E-state index in [2.05, 4.69) is 10.3 Å². The van der Waals surface area contributed by atoms with Crippen molar-refractivity contribution in [2.45, 2.75) is 6.92 Å². The molecule has 126 valence electrons. The summed E-state index contributed by atoms with van der Waals surface area (Å²) in [5, 5.41) is 3.02. The van der Waals surface area contributed by atoms with Crippen LogP contribution in [0.5, 0.6) is 5.75 Å². The lowest BCUT2D eigenvalue weighted by Crippen LogP contribution is -2.27. The molecule has 2 aromatic rings. The van der Waals surface area contributed by atoms with Gasteiger partial charge >= 0.3 is 0 Å². The van der Waals surface area contributed by atoms with E-state index in [1.54, 1.807) is 44.4 Å². The van der Waals surface area contributed by atoms with Crippen LogP contribution in [0.25, 0.3) is 0 Å². The monoisotopic (exact) mass is 347 g/mol. The summed E-state index contributed by atoms with van der Waals surface area (Å²) in [5.74, 6) is -0.126. The molecule has 0 aliphatic rings. The largest absolute Gasteiger partial charge is 0.482 e. The second-order valence-corrected chi connectivity index (χ2v) is 5.75. The maximum atomic E-state index is 12.2. The van der Waals surface area contributed by atoms with E-state index in [4.69, 9.17) is 16.3 Å². The Balaban J connectivity index is 2.04. The van der Waals surface area contributed by atoms with E-state index >= 15 is 0 Å². The van der Waals surface area contributed by atoms with E-state index in [0.717, 1.165) is 5.69 Å². The molecular formula is C17H18ClN3O3. The van der Waals surface area contributed by atoms with Gasteiger partial charge in [0.15, 0.2) is 6.61 Å². The lowest BCUT2D eigenvalue weighted by Gasteiger charge is -2.13. The van der Waals surface area contributed by atoms with Gasteiger partial charge in [-0.2, -0.15) is 0 Å². The number of likely N-dealkylation sites (N-methyl/N-ethyl adjacent to an activating group) is 1. The number of nitrogens with one attached hydrogen (secondary N) is 1. The fraction of sp³-hybridized carbons (Fsp3) is 0.235. The predicted molar refractivity (Wildman–Crippen MR) is 92.6 cm³/mol. The number of ether oxygens (including phenoxy) is 1. The number of pyridine rings is 1. The average Bonchev–Trinajstić information content (AvgIpc) is 2.53. The Labute approximate surface area is 145 Å². The molecule has 0 aliphatic heterocycles. The third-order valence-electron chi connectivity index (χ3n) is 3.16. The highest BCUT2D eigenvalue weighted by Crippen LogP contribution is 2.27. The molecule has 0 atom stereocenters. The number of anilines is 1. The summed E-state index contributed by atoms with van der Waals surface area (Å²) in [7, 11) is 3.29. The van der Waals surface area contributed by atoms with Crippen LogP contribution in [-0.2, 0) is 4.79 Å². The number of carbonyl (C=O) groups excluding carboxylic acids is 2. The molecule has 1 aromatic carbocycles. The zero-order chi connectivity index (χ0) is 17.7. The van der Waals surface area contributed by atoms with Crippen molar-refractivity contribution in [3.63, 3.8) is 0 Å². The zero-order valence-corrected chi connectivity index (χ0v) is 14.4. The molecule has 7 heteroatoms. The van der Waals surface area contributed by atoms with Crippen molar-refractivity contribution in [2.75, 3.05) is 26.0 Å². The van der Waals surface area contributed by atoms with Gasteiger partial charge in [-0.25, -0.2) is 4.98 Å². The van der Waals surface area contributed by atoms with Gasteiger partial charge in [-0.15, -0.1) is 0 Å². The number of carbonyl (C=O) groups is 2. The number of rotatable bonds is 5. The molecule has 0 bridgehead atoms. The Morgan fingerprint density at radius 3 is 2.62 bits per heavy atom. The molecule has 0 radical (unpaired) electrons. The molecule has 6 nitrogen and oxygen atoms in total. The van der Waals surface area contributed by atoms with Crippen LogP contribution in [0.15, 0.2) is 36.4 Å². The predicted octanol–water partition coefficient (Wildman–Crippen LogP) is 2.76. The minimum Gasteiger partial charge on any atom is -0.482 e. The number of aryl methyl sites for hydroxylation is 1. The second kappa shape index (κ2) is 7.79. The van der Waals surface area contributed by atoms with E-state index in [0.29, 0.717) is 22.2 Å². The highest BCUT2D eigenvalue weighted by Gasteiger charge is 2.11. The fourth-order valence-electron chi connectivity index (χ4n) is 1.83. The van der Waals surface area contributed by atoms with E-state index in [-0.39, 0.29) is 18.4 Å². The van der Waals surface area contributed by atoms with Gasteiger partial charge in [0, 0.05) is 25.5 Å². The third-order valence-corrected chi connectivity index (χ3v) is 3.46. The van der Waals surface area contributed by atoms with Crippen LogP contribution in [0, 0.1) is 6.92 Å². The normalized spacial score (nSPS) is 10.2. The van der Waals surface area contributed by atoms with Gasteiger partial charge in [0.25, 0.3) is 11.8 Å². The highest BCUT2D eigenvalue weighted by atomic mass is 35.5. The molecule has 24 heavy (non-hydrogen) atoms. The maximum Gasteiger partial charge on any atom is 0.274 e. The molecular weight excluding hydrogens is 330 g/mol. The van der Waals surface area contributed by atoms with Gasteiger partial charge in [-0.3, -0.25) is 9.59 Å². The van der Waals surface area contributed by atoms with Crippen molar-refractivity contribution < 1.29 is 14.3 Å². The number of benzene rings is 1. The van der Waals surface area contributed by atoms with E-state index in [1.165, 1.54) is 4.90 Å². The van der Waals surface area contributed by atoms with Gasteiger partial charge in [-0.1, -0.05) is 17.7 Å². The van der Waals surface area contributed by atoms with Gasteiger partial charge in [0.1, 0.15) is 11.4 Å². The fourth-order valence-corrected chi connectivity index (χ4v) is 2.06. The Hall–Kier alpha value is -2.60. The van der Waals surface area contributed by atoms with Crippen LogP contribution in [0.2, 0.25) is 5.02 Å². The molecule has 0 spiro atoms. The standard InChI is InChI=1S/C17H18ClN3O3/c1-11-5-4-6-14(19-11)17(23)20-12-7-8-15(13(18)9-12)24-10-16(22)21(2)3/h4-9H,10H2,1-3H3,(H,20,23). The lowest BCUT2D eigenvalue weighted by molar-refractivity contribution is -0.130. The van der Waals surface area contributed by atoms with E-state index in [9.17, 15) is 9.59 Å². The molecule has 2 rings (SSSR count). The van der Waals surface area contributed by atoms with Crippen molar-refractivity contribution in [1.29, 1.82) is 0 Å². The van der Waals surface area contributed by atoms with Crippen LogP contribution in [-0.4, -0.2) is 42.4 Å². The minimum absolute atomic E-state index is 0.106. The Morgan fingerprint density at radius 2 is 2.00 bits per heavy atom. The van der Waals surface area contributed by atoms with Gasteiger partial charge in [0.05, 0.1) is 5.02 Å². The second-order valence-electron chi connectivity index (χ2n) is 5.34.